The Labute approximate surface area is 149 Å². The summed E-state index contributed by atoms with van der Waals surface area (Å²) < 4.78 is 18.5. The minimum atomic E-state index is -0.287. The number of benzene rings is 1. The van der Waals surface area contributed by atoms with Crippen LogP contribution in [0.5, 0.6) is 5.75 Å². The molecule has 1 heterocycles. The number of amides is 1. The smallest absolute Gasteiger partial charge is 0.222 e. The summed E-state index contributed by atoms with van der Waals surface area (Å²) in [6.07, 6.45) is 6.13. The van der Waals surface area contributed by atoms with E-state index in [1.807, 2.05) is 17.1 Å². The van der Waals surface area contributed by atoms with Crippen LogP contribution in [0.4, 0.5) is 4.39 Å². The molecule has 0 radical (unpaired) electrons. The maximum absolute atomic E-state index is 12.9. The molecule has 1 aromatic carbocycles. The lowest BCUT2D eigenvalue weighted by molar-refractivity contribution is -0.131. The van der Waals surface area contributed by atoms with Gasteiger partial charge in [-0.05, 0) is 37.1 Å². The summed E-state index contributed by atoms with van der Waals surface area (Å²) in [4.78, 5) is 16.5. The Morgan fingerprint density at radius 2 is 1.88 bits per heavy atom. The fraction of sp³-hybridized carbons (Fsp3) is 0.450. The molecule has 1 aliphatic rings. The molecule has 1 fully saturated rings. The molecule has 0 aliphatic carbocycles. The zero-order chi connectivity index (χ0) is 18.1. The van der Waals surface area contributed by atoms with E-state index in [0.717, 1.165) is 32.5 Å². The molecule has 0 saturated carbocycles. The molecular formula is C20H27FN2O2. The average molecular weight is 346 g/mol. The second kappa shape index (κ2) is 9.99. The van der Waals surface area contributed by atoms with Crippen LogP contribution in [0.25, 0.3) is 0 Å². The first-order chi connectivity index (χ1) is 12.1. The fourth-order valence-electron chi connectivity index (χ4n) is 3.13. The Bertz CT molecular complexity index is 564. The van der Waals surface area contributed by atoms with E-state index in [2.05, 4.69) is 18.1 Å². The van der Waals surface area contributed by atoms with E-state index in [1.165, 1.54) is 12.1 Å². The van der Waals surface area contributed by atoms with Crippen LogP contribution in [-0.4, -0.2) is 54.5 Å². The first kappa shape index (κ1) is 19.2. The molecule has 2 rings (SSSR count). The Hall–Kier alpha value is -2.14. The van der Waals surface area contributed by atoms with Gasteiger partial charge in [-0.25, -0.2) is 4.39 Å². The number of ether oxygens (including phenoxy) is 1. The second-order valence-electron chi connectivity index (χ2n) is 6.20. The quantitative estimate of drug-likeness (QED) is 0.644. The summed E-state index contributed by atoms with van der Waals surface area (Å²) in [7, 11) is 0. The van der Waals surface area contributed by atoms with Crippen molar-refractivity contribution in [2.24, 2.45) is 0 Å². The van der Waals surface area contributed by atoms with E-state index in [1.54, 1.807) is 12.1 Å². The van der Waals surface area contributed by atoms with E-state index in [0.29, 0.717) is 31.4 Å². The van der Waals surface area contributed by atoms with Crippen molar-refractivity contribution in [2.45, 2.75) is 25.3 Å². The summed E-state index contributed by atoms with van der Waals surface area (Å²) in [5.74, 6) is 0.497. The van der Waals surface area contributed by atoms with Crippen LogP contribution < -0.4 is 4.74 Å². The standard InChI is InChI=1S/C20H27FN2O2/c1-3-12-22(13-4-2)18-7-10-20(24)23(14-11-18)15-16-25-19-8-5-17(21)6-9-19/h3-6,8-9,18H,1-2,7,10-16H2. The lowest BCUT2D eigenvalue weighted by Crippen LogP contribution is -2.37. The van der Waals surface area contributed by atoms with Gasteiger partial charge in [0.2, 0.25) is 5.91 Å². The van der Waals surface area contributed by atoms with E-state index in [9.17, 15) is 9.18 Å². The van der Waals surface area contributed by atoms with Crippen LogP contribution in [0.1, 0.15) is 19.3 Å². The number of hydrogen-bond acceptors (Lipinski definition) is 3. The Morgan fingerprint density at radius 1 is 1.20 bits per heavy atom. The van der Waals surface area contributed by atoms with Crippen molar-refractivity contribution in [2.75, 3.05) is 32.8 Å². The number of carbonyl (C=O) groups excluding carboxylic acids is 1. The number of hydrogen-bond donors (Lipinski definition) is 0. The summed E-state index contributed by atoms with van der Waals surface area (Å²) in [6, 6.07) is 6.29. The minimum absolute atomic E-state index is 0.169. The number of halogens is 1. The van der Waals surface area contributed by atoms with Gasteiger partial charge in [-0.15, -0.1) is 13.2 Å². The topological polar surface area (TPSA) is 32.8 Å². The first-order valence-corrected chi connectivity index (χ1v) is 8.76. The van der Waals surface area contributed by atoms with Gasteiger partial charge in [-0.1, -0.05) is 12.2 Å². The molecule has 1 aliphatic heterocycles. The van der Waals surface area contributed by atoms with Crippen molar-refractivity contribution in [3.05, 3.63) is 55.4 Å². The van der Waals surface area contributed by atoms with Gasteiger partial charge in [0.1, 0.15) is 18.2 Å². The molecule has 0 spiro atoms. The van der Waals surface area contributed by atoms with Crippen LogP contribution in [0.2, 0.25) is 0 Å². The highest BCUT2D eigenvalue weighted by molar-refractivity contribution is 5.76. The molecular weight excluding hydrogens is 319 g/mol. The molecule has 1 amide bonds. The molecule has 25 heavy (non-hydrogen) atoms. The number of carbonyl (C=O) groups is 1. The monoisotopic (exact) mass is 346 g/mol. The van der Waals surface area contributed by atoms with Gasteiger partial charge in [-0.2, -0.15) is 0 Å². The van der Waals surface area contributed by atoms with Crippen molar-refractivity contribution >= 4 is 5.91 Å². The third-order valence-electron chi connectivity index (χ3n) is 4.46. The van der Waals surface area contributed by atoms with Crippen molar-refractivity contribution in [1.82, 2.24) is 9.80 Å². The second-order valence-corrected chi connectivity index (χ2v) is 6.20. The maximum atomic E-state index is 12.9. The normalized spacial score (nSPS) is 18.1. The van der Waals surface area contributed by atoms with Gasteiger partial charge in [0, 0.05) is 32.1 Å². The number of likely N-dealkylation sites (tertiary alicyclic amines) is 1. The third kappa shape index (κ3) is 6.02. The van der Waals surface area contributed by atoms with Crippen molar-refractivity contribution < 1.29 is 13.9 Å². The van der Waals surface area contributed by atoms with E-state index < -0.39 is 0 Å². The Kier molecular flexibility index (Phi) is 7.67. The zero-order valence-corrected chi connectivity index (χ0v) is 14.7. The largest absolute Gasteiger partial charge is 0.492 e. The summed E-state index contributed by atoms with van der Waals surface area (Å²) >= 11 is 0. The van der Waals surface area contributed by atoms with Crippen LogP contribution in [0.3, 0.4) is 0 Å². The molecule has 4 nitrogen and oxygen atoms in total. The van der Waals surface area contributed by atoms with Crippen LogP contribution in [-0.2, 0) is 4.79 Å². The molecule has 1 unspecified atom stereocenters. The SMILES string of the molecule is C=CCN(CC=C)C1CCC(=O)N(CCOc2ccc(F)cc2)CC1. The van der Waals surface area contributed by atoms with Gasteiger partial charge in [0.15, 0.2) is 0 Å². The predicted octanol–water partition coefficient (Wildman–Crippen LogP) is 3.26. The van der Waals surface area contributed by atoms with E-state index >= 15 is 0 Å². The third-order valence-corrected chi connectivity index (χ3v) is 4.46. The van der Waals surface area contributed by atoms with E-state index in [-0.39, 0.29) is 11.7 Å². The average Bonchev–Trinajstić information content (AvgIpc) is 2.79. The minimum Gasteiger partial charge on any atom is -0.492 e. The molecule has 0 aromatic heterocycles. The lowest BCUT2D eigenvalue weighted by atomic mass is 10.1. The first-order valence-electron chi connectivity index (χ1n) is 8.76. The van der Waals surface area contributed by atoms with Crippen molar-refractivity contribution in [3.8, 4) is 5.75 Å². The maximum Gasteiger partial charge on any atom is 0.222 e. The molecule has 1 saturated heterocycles. The fourth-order valence-corrected chi connectivity index (χ4v) is 3.13. The summed E-state index contributed by atoms with van der Waals surface area (Å²) in [5.41, 5.74) is 0. The zero-order valence-electron chi connectivity index (χ0n) is 14.7. The molecule has 136 valence electrons. The van der Waals surface area contributed by atoms with Gasteiger partial charge in [0.05, 0.1) is 6.54 Å². The lowest BCUT2D eigenvalue weighted by Gasteiger charge is -2.29. The van der Waals surface area contributed by atoms with Gasteiger partial charge >= 0.3 is 0 Å². The van der Waals surface area contributed by atoms with Gasteiger partial charge in [-0.3, -0.25) is 9.69 Å². The highest BCUT2D eigenvalue weighted by Gasteiger charge is 2.25. The molecule has 1 atom stereocenters. The molecule has 0 bridgehead atoms. The predicted molar refractivity (Wildman–Crippen MR) is 98.1 cm³/mol. The van der Waals surface area contributed by atoms with Gasteiger partial charge < -0.3 is 9.64 Å². The highest BCUT2D eigenvalue weighted by atomic mass is 19.1. The Morgan fingerprint density at radius 3 is 2.52 bits per heavy atom. The molecule has 0 N–H and O–H groups in total. The van der Waals surface area contributed by atoms with Gasteiger partial charge in [0.25, 0.3) is 0 Å². The van der Waals surface area contributed by atoms with Crippen LogP contribution >= 0.6 is 0 Å². The van der Waals surface area contributed by atoms with Crippen LogP contribution in [0.15, 0.2) is 49.6 Å². The summed E-state index contributed by atoms with van der Waals surface area (Å²) in [5, 5.41) is 0. The number of rotatable bonds is 9. The van der Waals surface area contributed by atoms with E-state index in [4.69, 9.17) is 4.74 Å². The highest BCUT2D eigenvalue weighted by Crippen LogP contribution is 2.18. The summed E-state index contributed by atoms with van der Waals surface area (Å²) in [6.45, 7) is 10.9. The van der Waals surface area contributed by atoms with Crippen molar-refractivity contribution in [1.29, 1.82) is 0 Å². The Balaban J connectivity index is 1.83. The molecule has 5 heteroatoms. The number of nitrogens with zero attached hydrogens (tertiary/aromatic N) is 2. The van der Waals surface area contributed by atoms with Crippen molar-refractivity contribution in [3.63, 3.8) is 0 Å². The molecule has 1 aromatic rings. The van der Waals surface area contributed by atoms with Crippen LogP contribution in [0, 0.1) is 5.82 Å².